The summed E-state index contributed by atoms with van der Waals surface area (Å²) < 4.78 is 5.64. The van der Waals surface area contributed by atoms with Crippen LogP contribution in [-0.4, -0.2) is 19.1 Å². The van der Waals surface area contributed by atoms with Crippen molar-refractivity contribution < 1.29 is 14.4 Å². The van der Waals surface area contributed by atoms with Crippen LogP contribution >= 0.6 is 0 Å². The van der Waals surface area contributed by atoms with Crippen LogP contribution in [-0.2, 0) is 9.63 Å². The Morgan fingerprint density at radius 2 is 1.90 bits per heavy atom. The maximum atomic E-state index is 11.4. The van der Waals surface area contributed by atoms with Crippen LogP contribution in [0.4, 0.5) is 0 Å². The molecular formula is C17H27NO3. The van der Waals surface area contributed by atoms with Gasteiger partial charge in [0.25, 0.3) is 0 Å². The number of hydroxylamine groups is 1. The molecule has 1 amide bonds. The number of amides is 1. The molecule has 0 aromatic heterocycles. The quantitative estimate of drug-likeness (QED) is 0.528. The fourth-order valence-corrected chi connectivity index (χ4v) is 1.84. The third kappa shape index (κ3) is 7.71. The molecule has 1 aromatic rings. The van der Waals surface area contributed by atoms with Crippen molar-refractivity contribution in [3.63, 3.8) is 0 Å². The van der Waals surface area contributed by atoms with Crippen LogP contribution in [0, 0.1) is 13.8 Å². The predicted octanol–water partition coefficient (Wildman–Crippen LogP) is 3.70. The molecule has 0 aliphatic heterocycles. The van der Waals surface area contributed by atoms with Crippen molar-refractivity contribution in [3.05, 3.63) is 29.3 Å². The molecule has 0 atom stereocenters. The van der Waals surface area contributed by atoms with E-state index in [0.717, 1.165) is 31.4 Å². The zero-order valence-corrected chi connectivity index (χ0v) is 13.4. The summed E-state index contributed by atoms with van der Waals surface area (Å²) in [6, 6.07) is 6.06. The van der Waals surface area contributed by atoms with Crippen LogP contribution < -0.4 is 10.2 Å². The Hall–Kier alpha value is -1.55. The lowest BCUT2D eigenvalue weighted by molar-refractivity contribution is -0.133. The Labute approximate surface area is 127 Å². The standard InChI is InChI=1S/C17H27NO3/c1-4-5-6-8-17(19)18-21-12-7-11-20-16-10-9-14(2)15(3)13-16/h9-10,13H,4-8,11-12H2,1-3H3,(H,18,19). The molecule has 21 heavy (non-hydrogen) atoms. The Bertz CT molecular complexity index is 432. The van der Waals surface area contributed by atoms with E-state index in [0.29, 0.717) is 19.6 Å². The van der Waals surface area contributed by atoms with Crippen LogP contribution in [0.3, 0.4) is 0 Å². The van der Waals surface area contributed by atoms with E-state index in [-0.39, 0.29) is 5.91 Å². The van der Waals surface area contributed by atoms with Gasteiger partial charge in [0.15, 0.2) is 0 Å². The molecular weight excluding hydrogens is 266 g/mol. The zero-order valence-electron chi connectivity index (χ0n) is 13.4. The van der Waals surface area contributed by atoms with E-state index in [9.17, 15) is 4.79 Å². The molecule has 1 N–H and O–H groups in total. The summed E-state index contributed by atoms with van der Waals surface area (Å²) in [4.78, 5) is 16.5. The fourth-order valence-electron chi connectivity index (χ4n) is 1.84. The summed E-state index contributed by atoms with van der Waals surface area (Å²) in [5.41, 5.74) is 4.95. The highest BCUT2D eigenvalue weighted by molar-refractivity contribution is 5.74. The molecule has 0 unspecified atom stereocenters. The van der Waals surface area contributed by atoms with Crippen LogP contribution in [0.2, 0.25) is 0 Å². The molecule has 0 aliphatic rings. The summed E-state index contributed by atoms with van der Waals surface area (Å²) in [7, 11) is 0. The van der Waals surface area contributed by atoms with Gasteiger partial charge in [0.1, 0.15) is 5.75 Å². The van der Waals surface area contributed by atoms with E-state index < -0.39 is 0 Å². The minimum atomic E-state index is -0.0430. The molecule has 0 heterocycles. The van der Waals surface area contributed by atoms with Gasteiger partial charge in [0.05, 0.1) is 13.2 Å². The van der Waals surface area contributed by atoms with E-state index >= 15 is 0 Å². The second kappa shape index (κ2) is 10.2. The molecule has 118 valence electrons. The first-order chi connectivity index (χ1) is 10.1. The van der Waals surface area contributed by atoms with Crippen LogP contribution in [0.5, 0.6) is 5.75 Å². The third-order valence-electron chi connectivity index (χ3n) is 3.33. The molecule has 0 saturated carbocycles. The fraction of sp³-hybridized carbons (Fsp3) is 0.588. The highest BCUT2D eigenvalue weighted by atomic mass is 16.7. The predicted molar refractivity (Wildman–Crippen MR) is 84.3 cm³/mol. The van der Waals surface area contributed by atoms with Crippen molar-refractivity contribution in [3.8, 4) is 5.75 Å². The Kier molecular flexibility index (Phi) is 8.51. The van der Waals surface area contributed by atoms with Crippen molar-refractivity contribution in [1.29, 1.82) is 0 Å². The van der Waals surface area contributed by atoms with Gasteiger partial charge in [-0.25, -0.2) is 5.48 Å². The average Bonchev–Trinajstić information content (AvgIpc) is 2.46. The topological polar surface area (TPSA) is 47.6 Å². The summed E-state index contributed by atoms with van der Waals surface area (Å²) in [5.74, 6) is 0.834. The van der Waals surface area contributed by atoms with Gasteiger partial charge in [0, 0.05) is 12.8 Å². The van der Waals surface area contributed by atoms with Gasteiger partial charge in [-0.2, -0.15) is 0 Å². The highest BCUT2D eigenvalue weighted by Gasteiger charge is 2.01. The monoisotopic (exact) mass is 293 g/mol. The molecule has 4 nitrogen and oxygen atoms in total. The van der Waals surface area contributed by atoms with E-state index in [1.54, 1.807) is 0 Å². The van der Waals surface area contributed by atoms with Crippen molar-refractivity contribution in [2.75, 3.05) is 13.2 Å². The first-order valence-electron chi connectivity index (χ1n) is 7.74. The van der Waals surface area contributed by atoms with Gasteiger partial charge in [-0.3, -0.25) is 9.63 Å². The minimum Gasteiger partial charge on any atom is -0.493 e. The number of unbranched alkanes of at least 4 members (excludes halogenated alkanes) is 2. The minimum absolute atomic E-state index is 0.0430. The van der Waals surface area contributed by atoms with Gasteiger partial charge in [0.2, 0.25) is 5.91 Å². The second-order valence-corrected chi connectivity index (χ2v) is 5.28. The molecule has 0 saturated heterocycles. The normalized spacial score (nSPS) is 10.4. The number of nitrogens with one attached hydrogen (secondary N) is 1. The number of carbonyl (C=O) groups excluding carboxylic acids is 1. The average molecular weight is 293 g/mol. The summed E-state index contributed by atoms with van der Waals surface area (Å²) in [5, 5.41) is 0. The van der Waals surface area contributed by atoms with Crippen LogP contribution in [0.15, 0.2) is 18.2 Å². The maximum absolute atomic E-state index is 11.4. The summed E-state index contributed by atoms with van der Waals surface area (Å²) in [6.07, 6.45) is 4.39. The van der Waals surface area contributed by atoms with Crippen LogP contribution in [0.25, 0.3) is 0 Å². The maximum Gasteiger partial charge on any atom is 0.243 e. The molecule has 0 fully saturated rings. The number of hydrogen-bond donors (Lipinski definition) is 1. The lowest BCUT2D eigenvalue weighted by Crippen LogP contribution is -2.24. The van der Waals surface area contributed by atoms with Crippen molar-refractivity contribution in [2.24, 2.45) is 0 Å². The molecule has 1 rings (SSSR count). The zero-order chi connectivity index (χ0) is 15.5. The van der Waals surface area contributed by atoms with Gasteiger partial charge in [-0.15, -0.1) is 0 Å². The van der Waals surface area contributed by atoms with Gasteiger partial charge >= 0.3 is 0 Å². The Balaban J connectivity index is 2.04. The highest BCUT2D eigenvalue weighted by Crippen LogP contribution is 2.16. The van der Waals surface area contributed by atoms with E-state index in [4.69, 9.17) is 9.57 Å². The van der Waals surface area contributed by atoms with E-state index in [1.165, 1.54) is 11.1 Å². The summed E-state index contributed by atoms with van der Waals surface area (Å²) in [6.45, 7) is 7.30. The lowest BCUT2D eigenvalue weighted by Gasteiger charge is -2.09. The first-order valence-corrected chi connectivity index (χ1v) is 7.74. The number of benzene rings is 1. The van der Waals surface area contributed by atoms with Gasteiger partial charge in [-0.1, -0.05) is 25.8 Å². The largest absolute Gasteiger partial charge is 0.493 e. The van der Waals surface area contributed by atoms with Crippen molar-refractivity contribution in [2.45, 2.75) is 52.9 Å². The molecule has 0 aliphatic carbocycles. The van der Waals surface area contributed by atoms with Crippen LogP contribution in [0.1, 0.15) is 50.2 Å². The molecule has 4 heteroatoms. The van der Waals surface area contributed by atoms with E-state index in [2.05, 4.69) is 32.3 Å². The second-order valence-electron chi connectivity index (χ2n) is 5.28. The molecule has 0 radical (unpaired) electrons. The number of carbonyl (C=O) groups is 1. The van der Waals surface area contributed by atoms with Crippen molar-refractivity contribution in [1.82, 2.24) is 5.48 Å². The van der Waals surface area contributed by atoms with Gasteiger partial charge in [-0.05, 0) is 43.5 Å². The molecule has 0 bridgehead atoms. The number of ether oxygens (including phenoxy) is 1. The summed E-state index contributed by atoms with van der Waals surface area (Å²) >= 11 is 0. The molecule has 0 spiro atoms. The number of rotatable bonds is 10. The smallest absolute Gasteiger partial charge is 0.243 e. The third-order valence-corrected chi connectivity index (χ3v) is 3.33. The lowest BCUT2D eigenvalue weighted by atomic mass is 10.1. The van der Waals surface area contributed by atoms with E-state index in [1.807, 2.05) is 12.1 Å². The first kappa shape index (κ1) is 17.5. The number of aryl methyl sites for hydroxylation is 2. The van der Waals surface area contributed by atoms with Gasteiger partial charge < -0.3 is 4.74 Å². The Morgan fingerprint density at radius 3 is 2.62 bits per heavy atom. The number of hydrogen-bond acceptors (Lipinski definition) is 3. The van der Waals surface area contributed by atoms with Crippen molar-refractivity contribution >= 4 is 5.91 Å². The SMILES string of the molecule is CCCCCC(=O)NOCCCOc1ccc(C)c(C)c1. The molecule has 1 aromatic carbocycles. The Morgan fingerprint density at radius 1 is 1.10 bits per heavy atom.